The predicted octanol–water partition coefficient (Wildman–Crippen LogP) is 16.3. The second-order valence-corrected chi connectivity index (χ2v) is 17.7. The molecule has 0 aromatic heterocycles. The maximum absolute atomic E-state index is 6.32. The normalized spacial score (nSPS) is 12.3. The smallest absolute Gasteiger partial charge is 0.127 e. The van der Waals surface area contributed by atoms with Crippen LogP contribution >= 0.6 is 0 Å². The lowest BCUT2D eigenvalue weighted by Gasteiger charge is -2.18. The molecule has 0 aliphatic heterocycles. The molecule has 0 spiro atoms. The molecule has 0 saturated heterocycles. The largest absolute Gasteiger partial charge is 0.493 e. The number of hydrogen-bond acceptors (Lipinski definition) is 6. The van der Waals surface area contributed by atoms with E-state index in [0.717, 1.165) is 74.7 Å². The summed E-state index contributed by atoms with van der Waals surface area (Å²) >= 11 is 0. The Balaban J connectivity index is 2.39. The van der Waals surface area contributed by atoms with Gasteiger partial charge >= 0.3 is 0 Å². The molecule has 1 rings (SSSR count). The molecule has 0 bridgehead atoms. The van der Waals surface area contributed by atoms with Gasteiger partial charge in [0.1, 0.15) is 11.5 Å². The molecule has 350 valence electrons. The van der Waals surface area contributed by atoms with E-state index in [1.807, 2.05) is 24.3 Å². The summed E-state index contributed by atoms with van der Waals surface area (Å²) in [5, 5.41) is 0. The average molecular weight is 841 g/mol. The van der Waals surface area contributed by atoms with Gasteiger partial charge in [-0.2, -0.15) is 0 Å². The van der Waals surface area contributed by atoms with E-state index in [-0.39, 0.29) is 0 Å². The number of rotatable bonds is 47. The van der Waals surface area contributed by atoms with Gasteiger partial charge in [-0.15, -0.1) is 0 Å². The first-order valence-corrected chi connectivity index (χ1v) is 26.1. The van der Waals surface area contributed by atoms with Crippen molar-refractivity contribution in [1.29, 1.82) is 0 Å². The van der Waals surface area contributed by atoms with Crippen LogP contribution in [0.5, 0.6) is 11.5 Å². The predicted molar refractivity (Wildman–Crippen MR) is 263 cm³/mol. The minimum Gasteiger partial charge on any atom is -0.493 e. The summed E-state index contributed by atoms with van der Waals surface area (Å²) in [5.74, 6) is 2.28. The highest BCUT2D eigenvalue weighted by Gasteiger charge is 2.12. The maximum atomic E-state index is 6.32. The van der Waals surface area contributed by atoms with Gasteiger partial charge in [0, 0.05) is 37.6 Å². The Morgan fingerprint density at radius 2 is 0.683 bits per heavy atom. The van der Waals surface area contributed by atoms with Crippen LogP contribution in [0.15, 0.2) is 24.5 Å². The molecular weight excluding hydrogens is 741 g/mol. The van der Waals surface area contributed by atoms with Crippen LogP contribution in [0, 0.1) is 5.92 Å². The quantitative estimate of drug-likeness (QED) is 0.0636. The summed E-state index contributed by atoms with van der Waals surface area (Å²) in [6.07, 6.45) is 51.9. The van der Waals surface area contributed by atoms with Gasteiger partial charge in [0.25, 0.3) is 0 Å². The molecule has 4 N–H and O–H groups in total. The summed E-state index contributed by atoms with van der Waals surface area (Å²) in [4.78, 5) is 0. The molecule has 0 amide bonds. The average Bonchev–Trinajstić information content (AvgIpc) is 3.25. The Morgan fingerprint density at radius 1 is 0.383 bits per heavy atom. The van der Waals surface area contributed by atoms with Gasteiger partial charge in [0.15, 0.2) is 0 Å². The van der Waals surface area contributed by atoms with Gasteiger partial charge in [-0.3, -0.25) is 0 Å². The zero-order valence-electron chi connectivity index (χ0n) is 40.1. The van der Waals surface area contributed by atoms with Gasteiger partial charge in [0.05, 0.1) is 13.2 Å². The highest BCUT2D eigenvalue weighted by Crippen LogP contribution is 2.32. The number of hydrogen-bond donors (Lipinski definition) is 2. The SMILES string of the molecule is CCCCCCCCCCCCOCCCCOc1cc(/C=C/N)c(OCCCCOCC(CCCCCCCCCC)CCCCCCCCCCCC)cc1/C=C/N. The van der Waals surface area contributed by atoms with Crippen molar-refractivity contribution in [3.63, 3.8) is 0 Å². The fourth-order valence-electron chi connectivity index (χ4n) is 8.13. The van der Waals surface area contributed by atoms with Crippen molar-refractivity contribution < 1.29 is 18.9 Å². The summed E-state index contributed by atoms with van der Waals surface area (Å²) in [7, 11) is 0. The second kappa shape index (κ2) is 44.9. The van der Waals surface area contributed by atoms with Crippen molar-refractivity contribution in [2.45, 2.75) is 239 Å². The van der Waals surface area contributed by atoms with E-state index >= 15 is 0 Å². The minimum atomic E-state index is 0.623. The Bertz CT molecular complexity index is 1090. The number of ether oxygens (including phenoxy) is 4. The molecule has 0 radical (unpaired) electrons. The Kier molecular flexibility index (Phi) is 41.8. The molecule has 0 aliphatic carbocycles. The topological polar surface area (TPSA) is 89.0 Å². The fraction of sp³-hybridized carbons (Fsp3) is 0.815. The van der Waals surface area contributed by atoms with E-state index in [2.05, 4.69) is 20.8 Å². The lowest BCUT2D eigenvalue weighted by molar-refractivity contribution is 0.0859. The van der Waals surface area contributed by atoms with Crippen LogP contribution in [0.4, 0.5) is 0 Å². The van der Waals surface area contributed by atoms with Crippen LogP contribution < -0.4 is 20.9 Å². The molecule has 0 fully saturated rings. The first-order valence-electron chi connectivity index (χ1n) is 26.1. The van der Waals surface area contributed by atoms with E-state index in [0.29, 0.717) is 19.1 Å². The molecule has 1 atom stereocenters. The molecule has 6 nitrogen and oxygen atoms in total. The zero-order chi connectivity index (χ0) is 43.2. The Morgan fingerprint density at radius 3 is 1.05 bits per heavy atom. The van der Waals surface area contributed by atoms with Crippen LogP contribution in [-0.4, -0.2) is 39.6 Å². The van der Waals surface area contributed by atoms with Crippen LogP contribution in [0.1, 0.15) is 250 Å². The molecule has 0 heterocycles. The van der Waals surface area contributed by atoms with Crippen molar-refractivity contribution in [1.82, 2.24) is 0 Å². The van der Waals surface area contributed by atoms with E-state index in [9.17, 15) is 0 Å². The van der Waals surface area contributed by atoms with E-state index in [4.69, 9.17) is 30.4 Å². The third-order valence-corrected chi connectivity index (χ3v) is 12.0. The van der Waals surface area contributed by atoms with E-state index in [1.165, 1.54) is 193 Å². The summed E-state index contributed by atoms with van der Waals surface area (Å²) in [6.45, 7) is 11.5. The van der Waals surface area contributed by atoms with Crippen molar-refractivity contribution in [2.75, 3.05) is 39.6 Å². The Hall–Kier alpha value is -2.18. The number of nitrogens with two attached hydrogens (primary N) is 2. The summed E-state index contributed by atoms with van der Waals surface area (Å²) in [6, 6.07) is 4.03. The lowest BCUT2D eigenvalue weighted by Crippen LogP contribution is -2.11. The molecule has 0 aliphatic rings. The highest BCUT2D eigenvalue weighted by molar-refractivity contribution is 5.67. The molecule has 0 saturated carbocycles. The minimum absolute atomic E-state index is 0.623. The fourth-order valence-corrected chi connectivity index (χ4v) is 8.13. The third-order valence-electron chi connectivity index (χ3n) is 12.0. The van der Waals surface area contributed by atoms with Gasteiger partial charge in [-0.05, 0) is 87.5 Å². The molecular formula is C54H100N2O4. The molecule has 1 unspecified atom stereocenters. The monoisotopic (exact) mass is 841 g/mol. The first kappa shape index (κ1) is 55.8. The van der Waals surface area contributed by atoms with Crippen LogP contribution in [0.2, 0.25) is 0 Å². The van der Waals surface area contributed by atoms with Crippen LogP contribution in [0.25, 0.3) is 12.2 Å². The van der Waals surface area contributed by atoms with Gasteiger partial charge < -0.3 is 30.4 Å². The molecule has 6 heteroatoms. The van der Waals surface area contributed by atoms with Crippen molar-refractivity contribution in [3.05, 3.63) is 35.7 Å². The molecule has 60 heavy (non-hydrogen) atoms. The van der Waals surface area contributed by atoms with Crippen LogP contribution in [-0.2, 0) is 9.47 Å². The van der Waals surface area contributed by atoms with Crippen molar-refractivity contribution >= 4 is 12.2 Å². The van der Waals surface area contributed by atoms with Crippen molar-refractivity contribution in [3.8, 4) is 11.5 Å². The standard InChI is InChI=1S/C54H100N2O4/c1-4-7-10-13-16-19-21-24-27-30-37-50(36-29-26-23-18-15-12-9-6-3)49-58-44-33-35-46-60-54-48-51(38-40-55)53(47-52(54)39-41-56)59-45-34-32-43-57-42-31-28-25-22-20-17-14-11-8-5-2/h38-41,47-48,50H,4-37,42-46,49,55-56H2,1-3H3/b40-38+,41-39+. The third kappa shape index (κ3) is 34.4. The lowest BCUT2D eigenvalue weighted by atomic mass is 9.94. The molecule has 1 aromatic carbocycles. The van der Waals surface area contributed by atoms with Gasteiger partial charge in [-0.1, -0.05) is 194 Å². The van der Waals surface area contributed by atoms with E-state index < -0.39 is 0 Å². The Labute approximate surface area is 373 Å². The van der Waals surface area contributed by atoms with Crippen molar-refractivity contribution in [2.24, 2.45) is 17.4 Å². The molecule has 1 aromatic rings. The second-order valence-electron chi connectivity index (χ2n) is 17.7. The number of unbranched alkanes of at least 4 members (excludes halogenated alkanes) is 27. The highest BCUT2D eigenvalue weighted by atomic mass is 16.5. The van der Waals surface area contributed by atoms with Crippen LogP contribution in [0.3, 0.4) is 0 Å². The van der Waals surface area contributed by atoms with Gasteiger partial charge in [0.2, 0.25) is 0 Å². The first-order chi connectivity index (χ1) is 29.7. The zero-order valence-corrected chi connectivity index (χ0v) is 40.1. The summed E-state index contributed by atoms with van der Waals surface area (Å²) < 4.78 is 24.8. The summed E-state index contributed by atoms with van der Waals surface area (Å²) in [5.41, 5.74) is 13.5. The number of benzene rings is 1. The van der Waals surface area contributed by atoms with E-state index in [1.54, 1.807) is 12.4 Å². The maximum Gasteiger partial charge on any atom is 0.127 e. The van der Waals surface area contributed by atoms with Gasteiger partial charge in [-0.25, -0.2) is 0 Å².